The zero-order valence-corrected chi connectivity index (χ0v) is 16.2. The van der Waals surface area contributed by atoms with E-state index < -0.39 is 0 Å². The third kappa shape index (κ3) is 4.72. The predicted molar refractivity (Wildman–Crippen MR) is 104 cm³/mol. The molecule has 2 amide bonds. The van der Waals surface area contributed by atoms with E-state index in [2.05, 4.69) is 15.6 Å². The Kier molecular flexibility index (Phi) is 5.58. The summed E-state index contributed by atoms with van der Waals surface area (Å²) in [6.45, 7) is 7.61. The molecule has 1 aliphatic heterocycles. The molecular formula is C20H27N5O2. The minimum Gasteiger partial charge on any atom is -0.339 e. The maximum Gasteiger partial charge on any atom is 0.277 e. The Hall–Kier alpha value is -2.70. The lowest BCUT2D eigenvalue weighted by Crippen LogP contribution is -2.31. The van der Waals surface area contributed by atoms with Crippen LogP contribution in [0.2, 0.25) is 0 Å². The van der Waals surface area contributed by atoms with Crippen molar-refractivity contribution in [1.29, 1.82) is 0 Å². The summed E-state index contributed by atoms with van der Waals surface area (Å²) >= 11 is 0. The van der Waals surface area contributed by atoms with E-state index in [1.165, 1.54) is 12.8 Å². The van der Waals surface area contributed by atoms with E-state index in [4.69, 9.17) is 0 Å². The first-order valence-corrected chi connectivity index (χ1v) is 9.48. The maximum atomic E-state index is 12.6. The van der Waals surface area contributed by atoms with Gasteiger partial charge in [0.05, 0.1) is 11.7 Å². The molecule has 0 unspecified atom stereocenters. The van der Waals surface area contributed by atoms with Crippen LogP contribution < -0.4 is 5.32 Å². The average molecular weight is 369 g/mol. The Morgan fingerprint density at radius 2 is 1.63 bits per heavy atom. The molecule has 27 heavy (non-hydrogen) atoms. The van der Waals surface area contributed by atoms with Crippen molar-refractivity contribution in [3.8, 4) is 0 Å². The molecule has 1 N–H and O–H groups in total. The standard InChI is InChI=1S/C20H27N5O2/c1-20(2,3)25-14-17(22-23-25)18(26)21-16-10-8-15(9-11-16)19(27)24-12-6-4-5-7-13-24/h8-11,14H,4-7,12-13H2,1-3H3,(H,21,26). The summed E-state index contributed by atoms with van der Waals surface area (Å²) in [7, 11) is 0. The van der Waals surface area contributed by atoms with Crippen molar-refractivity contribution in [1.82, 2.24) is 19.9 Å². The lowest BCUT2D eigenvalue weighted by atomic mass is 10.1. The van der Waals surface area contributed by atoms with Gasteiger partial charge in [0, 0.05) is 24.3 Å². The fraction of sp³-hybridized carbons (Fsp3) is 0.500. The normalized spacial score (nSPS) is 15.3. The van der Waals surface area contributed by atoms with Crippen LogP contribution in [-0.2, 0) is 5.54 Å². The molecule has 2 heterocycles. The molecule has 7 nitrogen and oxygen atoms in total. The zero-order chi connectivity index (χ0) is 19.4. The van der Waals surface area contributed by atoms with E-state index in [1.807, 2.05) is 25.7 Å². The summed E-state index contributed by atoms with van der Waals surface area (Å²) < 4.78 is 1.66. The molecule has 1 aromatic heterocycles. The van der Waals surface area contributed by atoms with Gasteiger partial charge in [0.2, 0.25) is 0 Å². The highest BCUT2D eigenvalue weighted by atomic mass is 16.2. The van der Waals surface area contributed by atoms with E-state index in [0.717, 1.165) is 25.9 Å². The molecule has 0 radical (unpaired) electrons. The molecule has 1 aromatic carbocycles. The van der Waals surface area contributed by atoms with Crippen LogP contribution in [0.1, 0.15) is 67.3 Å². The van der Waals surface area contributed by atoms with Gasteiger partial charge in [0.1, 0.15) is 0 Å². The molecule has 2 aromatic rings. The first-order chi connectivity index (χ1) is 12.8. The molecule has 1 saturated heterocycles. The smallest absolute Gasteiger partial charge is 0.277 e. The number of hydrogen-bond acceptors (Lipinski definition) is 4. The predicted octanol–water partition coefficient (Wildman–Crippen LogP) is 3.30. The van der Waals surface area contributed by atoms with Gasteiger partial charge in [-0.3, -0.25) is 9.59 Å². The first kappa shape index (κ1) is 19.1. The highest BCUT2D eigenvalue weighted by Gasteiger charge is 2.19. The first-order valence-electron chi connectivity index (χ1n) is 9.48. The van der Waals surface area contributed by atoms with Crippen LogP contribution >= 0.6 is 0 Å². The van der Waals surface area contributed by atoms with Crippen LogP contribution in [-0.4, -0.2) is 44.8 Å². The quantitative estimate of drug-likeness (QED) is 0.900. The lowest BCUT2D eigenvalue weighted by molar-refractivity contribution is 0.0761. The van der Waals surface area contributed by atoms with Crippen LogP contribution in [0.5, 0.6) is 0 Å². The molecule has 7 heteroatoms. The number of benzene rings is 1. The Balaban J connectivity index is 1.64. The number of nitrogens with one attached hydrogen (secondary N) is 1. The van der Waals surface area contributed by atoms with E-state index in [9.17, 15) is 9.59 Å². The van der Waals surface area contributed by atoms with Crippen molar-refractivity contribution >= 4 is 17.5 Å². The van der Waals surface area contributed by atoms with E-state index >= 15 is 0 Å². The van der Waals surface area contributed by atoms with E-state index in [-0.39, 0.29) is 23.0 Å². The molecule has 0 atom stereocenters. The van der Waals surface area contributed by atoms with E-state index in [1.54, 1.807) is 35.1 Å². The maximum absolute atomic E-state index is 12.6. The zero-order valence-electron chi connectivity index (χ0n) is 16.2. The van der Waals surface area contributed by atoms with Gasteiger partial charge in [-0.25, -0.2) is 4.68 Å². The Morgan fingerprint density at radius 1 is 1.00 bits per heavy atom. The fourth-order valence-corrected chi connectivity index (χ4v) is 3.04. The lowest BCUT2D eigenvalue weighted by Gasteiger charge is -2.20. The minimum atomic E-state index is -0.322. The molecule has 144 valence electrons. The summed E-state index contributed by atoms with van der Waals surface area (Å²) in [5.74, 6) is -0.264. The van der Waals surface area contributed by atoms with Crippen LogP contribution in [0.4, 0.5) is 5.69 Å². The molecule has 3 rings (SSSR count). The number of anilines is 1. The monoisotopic (exact) mass is 369 g/mol. The van der Waals surface area contributed by atoms with Gasteiger partial charge in [0.25, 0.3) is 11.8 Å². The molecular weight excluding hydrogens is 342 g/mol. The third-order valence-electron chi connectivity index (χ3n) is 4.70. The number of likely N-dealkylation sites (tertiary alicyclic amines) is 1. The van der Waals surface area contributed by atoms with Gasteiger partial charge in [-0.2, -0.15) is 0 Å². The van der Waals surface area contributed by atoms with Crippen molar-refractivity contribution in [3.05, 3.63) is 41.7 Å². The van der Waals surface area contributed by atoms with Crippen molar-refractivity contribution in [2.45, 2.75) is 52.0 Å². The number of carbonyl (C=O) groups is 2. The van der Waals surface area contributed by atoms with Gasteiger partial charge in [-0.1, -0.05) is 18.1 Å². The summed E-state index contributed by atoms with van der Waals surface area (Å²) in [6.07, 6.45) is 6.14. The Labute approximate surface area is 159 Å². The largest absolute Gasteiger partial charge is 0.339 e. The van der Waals surface area contributed by atoms with Gasteiger partial charge in [-0.15, -0.1) is 5.10 Å². The Bertz CT molecular complexity index is 797. The second-order valence-corrected chi connectivity index (χ2v) is 7.96. The minimum absolute atomic E-state index is 0.0582. The number of amides is 2. The summed E-state index contributed by atoms with van der Waals surface area (Å²) in [6, 6.07) is 7.01. The topological polar surface area (TPSA) is 80.1 Å². The molecule has 1 aliphatic rings. The van der Waals surface area contributed by atoms with Crippen LogP contribution in [0, 0.1) is 0 Å². The second kappa shape index (κ2) is 7.90. The van der Waals surface area contributed by atoms with Crippen molar-refractivity contribution in [2.24, 2.45) is 0 Å². The number of aromatic nitrogens is 3. The van der Waals surface area contributed by atoms with Crippen molar-refractivity contribution in [2.75, 3.05) is 18.4 Å². The van der Waals surface area contributed by atoms with Crippen molar-refractivity contribution in [3.63, 3.8) is 0 Å². The van der Waals surface area contributed by atoms with Crippen LogP contribution in [0.15, 0.2) is 30.5 Å². The number of nitrogens with zero attached hydrogens (tertiary/aromatic N) is 4. The molecule has 0 bridgehead atoms. The highest BCUT2D eigenvalue weighted by molar-refractivity contribution is 6.03. The molecule has 0 spiro atoms. The average Bonchev–Trinajstić information content (AvgIpc) is 2.99. The van der Waals surface area contributed by atoms with Crippen LogP contribution in [0.3, 0.4) is 0 Å². The fourth-order valence-electron chi connectivity index (χ4n) is 3.04. The molecule has 0 aliphatic carbocycles. The SMILES string of the molecule is CC(C)(C)n1cc(C(=O)Nc2ccc(C(=O)N3CCCCCC3)cc2)nn1. The summed E-state index contributed by atoms with van der Waals surface area (Å²) in [5, 5.41) is 10.7. The number of carbonyl (C=O) groups excluding carboxylic acids is 2. The highest BCUT2D eigenvalue weighted by Crippen LogP contribution is 2.17. The third-order valence-corrected chi connectivity index (χ3v) is 4.70. The van der Waals surface area contributed by atoms with Crippen LogP contribution in [0.25, 0.3) is 0 Å². The van der Waals surface area contributed by atoms with Gasteiger partial charge in [-0.05, 0) is 57.9 Å². The molecule has 1 fully saturated rings. The number of rotatable bonds is 3. The molecule has 0 saturated carbocycles. The summed E-state index contributed by atoms with van der Waals surface area (Å²) in [4.78, 5) is 26.9. The van der Waals surface area contributed by atoms with Gasteiger partial charge in [0.15, 0.2) is 5.69 Å². The number of hydrogen-bond donors (Lipinski definition) is 1. The van der Waals surface area contributed by atoms with Crippen molar-refractivity contribution < 1.29 is 9.59 Å². The summed E-state index contributed by atoms with van der Waals surface area (Å²) in [5.41, 5.74) is 1.29. The van der Waals surface area contributed by atoms with Gasteiger partial charge >= 0.3 is 0 Å². The van der Waals surface area contributed by atoms with E-state index in [0.29, 0.717) is 11.3 Å². The Morgan fingerprint density at radius 3 is 2.19 bits per heavy atom. The van der Waals surface area contributed by atoms with Gasteiger partial charge < -0.3 is 10.2 Å². The second-order valence-electron chi connectivity index (χ2n) is 7.96.